The Hall–Kier alpha value is -1.70. The van der Waals surface area contributed by atoms with Gasteiger partial charge < -0.3 is 0 Å². The molecule has 0 radical (unpaired) electrons. The van der Waals surface area contributed by atoms with Gasteiger partial charge in [-0.15, -0.1) is 0 Å². The summed E-state index contributed by atoms with van der Waals surface area (Å²) < 4.78 is 1.40. The van der Waals surface area contributed by atoms with E-state index < -0.39 is 27.4 Å². The maximum absolute atomic E-state index is 7.95. The molecule has 0 nitrogen and oxygen atoms in total. The fourth-order valence-electron chi connectivity index (χ4n) is 7.31. The van der Waals surface area contributed by atoms with Crippen LogP contribution in [-0.4, -0.2) is 9.52 Å². The molecule has 1 aliphatic carbocycles. The first-order chi connectivity index (χ1) is 20.4. The summed E-state index contributed by atoms with van der Waals surface area (Å²) in [5.41, 5.74) is 13.8. The first-order valence-corrected chi connectivity index (χ1v) is 26.4. The van der Waals surface area contributed by atoms with Crippen LogP contribution in [0.3, 0.4) is 0 Å². The first-order valence-electron chi connectivity index (χ1n) is 16.0. The quantitative estimate of drug-likeness (QED) is 0.148. The van der Waals surface area contributed by atoms with Crippen molar-refractivity contribution in [1.29, 1.82) is 0 Å². The van der Waals surface area contributed by atoms with Crippen molar-refractivity contribution in [1.82, 2.24) is 0 Å². The predicted molar refractivity (Wildman–Crippen MR) is 191 cm³/mol. The van der Waals surface area contributed by atoms with Crippen molar-refractivity contribution < 1.29 is 17.9 Å². The van der Waals surface area contributed by atoms with E-state index in [1.165, 1.54) is 69.3 Å². The number of benzene rings is 4. The fraction of sp³-hybridized carbons (Fsp3) is 0.333. The molecular weight excluding hydrogens is 659 g/mol. The zero-order chi connectivity index (χ0) is 30.8. The van der Waals surface area contributed by atoms with Crippen LogP contribution < -0.4 is 13.6 Å². The van der Waals surface area contributed by atoms with Crippen molar-refractivity contribution in [2.75, 3.05) is 0 Å². The standard InChI is InChI=1S/C27H35.C12H9Si.2ClH.Zr/c1-16(2)21-12-22(17(3)4)14-24(13-21)27-25(19(7)8)10-9-20-11-23(18(5)6)15-26(20)27;1-3-7-11-9(5-1)10-6-2-4-8-12(10)13-11;;;/h9-19H,1-8H3;1-7H,13H2;2*1H;/q;;;;+2/p-2. The second-order valence-corrected chi connectivity index (χ2v) is 29.7. The Morgan fingerprint density at radius 3 is 1.95 bits per heavy atom. The fourth-order valence-corrected chi connectivity index (χ4v) is 24.4. The molecule has 222 valence electrons. The molecule has 43 heavy (non-hydrogen) atoms. The Balaban J connectivity index is 1.58. The van der Waals surface area contributed by atoms with Crippen molar-refractivity contribution >= 4 is 46.3 Å². The van der Waals surface area contributed by atoms with E-state index in [-0.39, 0.29) is 3.63 Å². The molecule has 0 aromatic heterocycles. The SMILES string of the molecule is CC(C)C1=Cc2c(ccc(C(C)C)c2-c2cc(C(C)C)cc(C(C)C)c2)[CH]1[Zr]([Cl])([Cl])[c]1cccc2c1[SiH2]c1ccccc1-2. The Labute approximate surface area is 273 Å². The summed E-state index contributed by atoms with van der Waals surface area (Å²) in [4.78, 5) is 0. The average Bonchev–Trinajstić information content (AvgIpc) is 3.55. The Kier molecular flexibility index (Phi) is 8.66. The summed E-state index contributed by atoms with van der Waals surface area (Å²) in [6.07, 6.45) is 2.49. The van der Waals surface area contributed by atoms with Crippen LogP contribution in [0, 0.1) is 5.92 Å². The molecule has 0 bridgehead atoms. The first kappa shape index (κ1) is 31.3. The molecule has 4 aromatic carbocycles. The van der Waals surface area contributed by atoms with Crippen LogP contribution in [0.4, 0.5) is 0 Å². The third kappa shape index (κ3) is 5.43. The third-order valence-electron chi connectivity index (χ3n) is 9.73. The molecular formula is C39H44Cl2SiZr. The maximum atomic E-state index is 7.95. The van der Waals surface area contributed by atoms with Crippen molar-refractivity contribution in [3.63, 3.8) is 0 Å². The Bertz CT molecular complexity index is 1720. The second kappa shape index (κ2) is 11.9. The van der Waals surface area contributed by atoms with Gasteiger partial charge in [-0.05, 0) is 0 Å². The van der Waals surface area contributed by atoms with E-state index in [4.69, 9.17) is 17.0 Å². The molecule has 4 heteroatoms. The molecule has 0 fully saturated rings. The zero-order valence-corrected chi connectivity index (χ0v) is 32.2. The molecule has 4 aromatic rings. The van der Waals surface area contributed by atoms with Gasteiger partial charge >= 0.3 is 275 Å². The van der Waals surface area contributed by atoms with Gasteiger partial charge in [0.15, 0.2) is 0 Å². The van der Waals surface area contributed by atoms with Crippen molar-refractivity contribution in [3.05, 3.63) is 106 Å². The summed E-state index contributed by atoms with van der Waals surface area (Å²) in [6.45, 7) is 18.5. The number of halogens is 2. The van der Waals surface area contributed by atoms with Gasteiger partial charge in [0.25, 0.3) is 0 Å². The molecule has 0 N–H and O–H groups in total. The van der Waals surface area contributed by atoms with E-state index in [9.17, 15) is 0 Å². The average molecular weight is 703 g/mol. The Morgan fingerprint density at radius 1 is 0.674 bits per heavy atom. The number of fused-ring (bicyclic) bond motifs is 4. The van der Waals surface area contributed by atoms with E-state index in [0.29, 0.717) is 23.7 Å². The predicted octanol–water partition coefficient (Wildman–Crippen LogP) is 9.70. The van der Waals surface area contributed by atoms with Gasteiger partial charge in [0, 0.05) is 0 Å². The van der Waals surface area contributed by atoms with Crippen LogP contribution in [0.25, 0.3) is 28.3 Å². The van der Waals surface area contributed by atoms with E-state index in [0.717, 1.165) is 0 Å². The number of allylic oxidation sites excluding steroid dienone is 1. The van der Waals surface area contributed by atoms with Gasteiger partial charge in [0.1, 0.15) is 0 Å². The summed E-state index contributed by atoms with van der Waals surface area (Å²) in [5.74, 6) is 1.70. The summed E-state index contributed by atoms with van der Waals surface area (Å²) in [5, 5.41) is 3.01. The van der Waals surface area contributed by atoms with E-state index in [1.54, 1.807) is 0 Å². The van der Waals surface area contributed by atoms with Gasteiger partial charge in [0.05, 0.1) is 0 Å². The van der Waals surface area contributed by atoms with Crippen LogP contribution in [0.2, 0.25) is 0 Å². The van der Waals surface area contributed by atoms with E-state index in [2.05, 4.69) is 134 Å². The van der Waals surface area contributed by atoms with Gasteiger partial charge in [-0.3, -0.25) is 0 Å². The van der Waals surface area contributed by atoms with Crippen LogP contribution >= 0.6 is 17.0 Å². The second-order valence-electron chi connectivity index (χ2n) is 13.9. The van der Waals surface area contributed by atoms with Gasteiger partial charge in [-0.1, -0.05) is 0 Å². The topological polar surface area (TPSA) is 0 Å². The van der Waals surface area contributed by atoms with Gasteiger partial charge in [-0.25, -0.2) is 0 Å². The van der Waals surface area contributed by atoms with Crippen LogP contribution in [0.15, 0.2) is 78.4 Å². The van der Waals surface area contributed by atoms with Crippen LogP contribution in [0.1, 0.15) is 105 Å². The molecule has 1 aliphatic heterocycles. The zero-order valence-electron chi connectivity index (χ0n) is 26.9. The van der Waals surface area contributed by atoms with Crippen LogP contribution in [0.5, 0.6) is 0 Å². The summed E-state index contributed by atoms with van der Waals surface area (Å²) in [6, 6.07) is 27.8. The third-order valence-corrected chi connectivity index (χ3v) is 24.0. The minimum absolute atomic E-state index is 0.0923. The van der Waals surface area contributed by atoms with Gasteiger partial charge in [0.2, 0.25) is 0 Å². The van der Waals surface area contributed by atoms with E-state index in [1.807, 2.05) is 0 Å². The molecule has 0 saturated carbocycles. The minimum atomic E-state index is -4.03. The molecule has 6 rings (SSSR count). The molecule has 0 amide bonds. The molecule has 1 heterocycles. The Morgan fingerprint density at radius 2 is 1.33 bits per heavy atom. The van der Waals surface area contributed by atoms with Crippen LogP contribution in [-0.2, 0) is 17.9 Å². The van der Waals surface area contributed by atoms with Crippen molar-refractivity contribution in [3.8, 4) is 22.3 Å². The molecule has 2 aliphatic rings. The monoisotopic (exact) mass is 700 g/mol. The number of rotatable bonds is 7. The van der Waals surface area contributed by atoms with Gasteiger partial charge in [-0.2, -0.15) is 0 Å². The number of hydrogen-bond donors (Lipinski definition) is 0. The molecule has 0 spiro atoms. The van der Waals surface area contributed by atoms with Crippen molar-refractivity contribution in [2.24, 2.45) is 5.92 Å². The molecule has 0 saturated heterocycles. The normalized spacial score (nSPS) is 16.4. The summed E-state index contributed by atoms with van der Waals surface area (Å²) >= 11 is -4.03. The molecule has 1 unspecified atom stereocenters. The number of hydrogen-bond acceptors (Lipinski definition) is 0. The molecule has 1 atom stereocenters. The van der Waals surface area contributed by atoms with Crippen molar-refractivity contribution in [2.45, 2.75) is 76.8 Å². The summed E-state index contributed by atoms with van der Waals surface area (Å²) in [7, 11) is 15.3. The van der Waals surface area contributed by atoms with E-state index >= 15 is 0 Å².